The Labute approximate surface area is 119 Å². The molecule has 0 aromatic heterocycles. The van der Waals surface area contributed by atoms with Crippen molar-refractivity contribution in [3.05, 3.63) is 33.8 Å². The van der Waals surface area contributed by atoms with Crippen molar-refractivity contribution in [3.63, 3.8) is 0 Å². The summed E-state index contributed by atoms with van der Waals surface area (Å²) in [5.41, 5.74) is 1.13. The first kappa shape index (κ1) is 14.1. The van der Waals surface area contributed by atoms with Crippen molar-refractivity contribution in [3.8, 4) is 0 Å². The van der Waals surface area contributed by atoms with E-state index in [1.807, 2.05) is 12.1 Å². The lowest BCUT2D eigenvalue weighted by atomic mass is 9.95. The summed E-state index contributed by atoms with van der Waals surface area (Å²) >= 11 is 12.1. The van der Waals surface area contributed by atoms with Crippen LogP contribution in [0.3, 0.4) is 0 Å². The molecule has 0 saturated carbocycles. The molecule has 1 fully saturated rings. The molecule has 1 aliphatic rings. The largest absolute Gasteiger partial charge is 0.396 e. The van der Waals surface area contributed by atoms with E-state index in [-0.39, 0.29) is 0 Å². The van der Waals surface area contributed by atoms with Crippen LogP contribution in [0.5, 0.6) is 0 Å². The van der Waals surface area contributed by atoms with E-state index in [9.17, 15) is 0 Å². The van der Waals surface area contributed by atoms with Crippen molar-refractivity contribution in [1.82, 2.24) is 4.90 Å². The van der Waals surface area contributed by atoms with Crippen LogP contribution in [-0.2, 0) is 6.54 Å². The molecule has 1 aromatic carbocycles. The molecule has 2 rings (SSSR count). The number of aliphatic hydroxyl groups is 1. The lowest BCUT2D eigenvalue weighted by Crippen LogP contribution is -2.35. The highest BCUT2D eigenvalue weighted by Gasteiger charge is 2.20. The molecule has 0 aliphatic carbocycles. The van der Waals surface area contributed by atoms with E-state index >= 15 is 0 Å². The predicted molar refractivity (Wildman–Crippen MR) is 76.2 cm³/mol. The van der Waals surface area contributed by atoms with Gasteiger partial charge in [0.1, 0.15) is 0 Å². The zero-order valence-electron chi connectivity index (χ0n) is 10.4. The molecular formula is C14H19Cl2NO. The minimum Gasteiger partial charge on any atom is -0.396 e. The Hall–Kier alpha value is -0.280. The molecular weight excluding hydrogens is 269 g/mol. The van der Waals surface area contributed by atoms with Gasteiger partial charge in [-0.1, -0.05) is 29.3 Å². The Balaban J connectivity index is 1.96. The molecule has 2 nitrogen and oxygen atoms in total. The third kappa shape index (κ3) is 3.86. The van der Waals surface area contributed by atoms with Gasteiger partial charge >= 0.3 is 0 Å². The fourth-order valence-corrected chi connectivity index (χ4v) is 3.07. The topological polar surface area (TPSA) is 23.5 Å². The van der Waals surface area contributed by atoms with Crippen LogP contribution >= 0.6 is 23.2 Å². The Morgan fingerprint density at radius 1 is 1.33 bits per heavy atom. The van der Waals surface area contributed by atoms with Crippen LogP contribution in [0.25, 0.3) is 0 Å². The minimum atomic E-state index is 0.292. The zero-order chi connectivity index (χ0) is 13.0. The molecule has 4 heteroatoms. The number of likely N-dealkylation sites (tertiary alicyclic amines) is 1. The Morgan fingerprint density at radius 2 is 2.17 bits per heavy atom. The lowest BCUT2D eigenvalue weighted by molar-refractivity contribution is 0.142. The number of nitrogens with zero attached hydrogens (tertiary/aromatic N) is 1. The quantitative estimate of drug-likeness (QED) is 0.915. The highest BCUT2D eigenvalue weighted by atomic mass is 35.5. The first-order chi connectivity index (χ1) is 8.69. The second kappa shape index (κ2) is 6.76. The van der Waals surface area contributed by atoms with Crippen molar-refractivity contribution in [2.75, 3.05) is 19.7 Å². The molecule has 1 atom stereocenters. The molecule has 18 heavy (non-hydrogen) atoms. The standard InChI is InChI=1S/C14H19Cl2NO/c15-13-4-3-12(14(16)8-13)10-17-6-1-2-11(9-17)5-7-18/h3-4,8,11,18H,1-2,5-7,9-10H2. The molecule has 1 N–H and O–H groups in total. The van der Waals surface area contributed by atoms with Gasteiger partial charge in [0.2, 0.25) is 0 Å². The summed E-state index contributed by atoms with van der Waals surface area (Å²) in [7, 11) is 0. The summed E-state index contributed by atoms with van der Waals surface area (Å²) in [5, 5.41) is 10.4. The number of hydrogen-bond donors (Lipinski definition) is 1. The van der Waals surface area contributed by atoms with Crippen LogP contribution in [0.1, 0.15) is 24.8 Å². The van der Waals surface area contributed by atoms with E-state index in [1.165, 1.54) is 12.8 Å². The second-order valence-corrected chi connectivity index (χ2v) is 5.84. The Bertz CT molecular complexity index is 395. The highest BCUT2D eigenvalue weighted by Crippen LogP contribution is 2.25. The molecule has 0 spiro atoms. The van der Waals surface area contributed by atoms with E-state index in [0.29, 0.717) is 17.5 Å². The van der Waals surface area contributed by atoms with Crippen LogP contribution < -0.4 is 0 Å². The van der Waals surface area contributed by atoms with Crippen LogP contribution in [-0.4, -0.2) is 29.7 Å². The van der Waals surface area contributed by atoms with E-state index in [2.05, 4.69) is 4.90 Å². The van der Waals surface area contributed by atoms with E-state index in [0.717, 1.165) is 36.6 Å². The number of halogens is 2. The summed E-state index contributed by atoms with van der Waals surface area (Å²) in [6, 6.07) is 5.69. The van der Waals surface area contributed by atoms with Crippen LogP contribution in [0.2, 0.25) is 10.0 Å². The van der Waals surface area contributed by atoms with E-state index in [1.54, 1.807) is 6.07 Å². The molecule has 0 bridgehead atoms. The Kier molecular flexibility index (Phi) is 5.31. The van der Waals surface area contributed by atoms with Crippen LogP contribution in [0.4, 0.5) is 0 Å². The minimum absolute atomic E-state index is 0.292. The Morgan fingerprint density at radius 3 is 2.89 bits per heavy atom. The van der Waals surface area contributed by atoms with Gasteiger partial charge in [-0.25, -0.2) is 0 Å². The van der Waals surface area contributed by atoms with Crippen LogP contribution in [0, 0.1) is 5.92 Å². The number of piperidine rings is 1. The number of aliphatic hydroxyl groups excluding tert-OH is 1. The third-order valence-electron chi connectivity index (χ3n) is 3.55. The molecule has 1 heterocycles. The van der Waals surface area contributed by atoms with Gasteiger partial charge in [0, 0.05) is 29.7 Å². The zero-order valence-corrected chi connectivity index (χ0v) is 11.9. The smallest absolute Gasteiger partial charge is 0.0465 e. The maximum atomic E-state index is 9.01. The van der Waals surface area contributed by atoms with E-state index in [4.69, 9.17) is 28.3 Å². The van der Waals surface area contributed by atoms with Crippen molar-refractivity contribution < 1.29 is 5.11 Å². The summed E-state index contributed by atoms with van der Waals surface area (Å²) in [4.78, 5) is 2.42. The first-order valence-electron chi connectivity index (χ1n) is 6.46. The van der Waals surface area contributed by atoms with Gasteiger partial charge in [-0.05, 0) is 49.4 Å². The van der Waals surface area contributed by atoms with Gasteiger partial charge in [0.15, 0.2) is 0 Å². The van der Waals surface area contributed by atoms with Crippen molar-refractivity contribution in [2.24, 2.45) is 5.92 Å². The number of benzene rings is 1. The summed E-state index contributed by atoms with van der Waals surface area (Å²) < 4.78 is 0. The average Bonchev–Trinajstić information content (AvgIpc) is 2.34. The van der Waals surface area contributed by atoms with Gasteiger partial charge in [0.05, 0.1) is 0 Å². The van der Waals surface area contributed by atoms with E-state index < -0.39 is 0 Å². The van der Waals surface area contributed by atoms with Crippen molar-refractivity contribution in [1.29, 1.82) is 0 Å². The monoisotopic (exact) mass is 287 g/mol. The molecule has 1 unspecified atom stereocenters. The first-order valence-corrected chi connectivity index (χ1v) is 7.22. The number of rotatable bonds is 4. The molecule has 0 amide bonds. The van der Waals surface area contributed by atoms with Crippen LogP contribution in [0.15, 0.2) is 18.2 Å². The maximum absolute atomic E-state index is 9.01. The third-order valence-corrected chi connectivity index (χ3v) is 4.14. The van der Waals surface area contributed by atoms with Gasteiger partial charge in [-0.3, -0.25) is 4.90 Å². The second-order valence-electron chi connectivity index (χ2n) is 4.99. The molecule has 1 aliphatic heterocycles. The van der Waals surface area contributed by atoms with Gasteiger partial charge in [0.25, 0.3) is 0 Å². The predicted octanol–water partition coefficient (Wildman–Crippen LogP) is 3.59. The summed E-state index contributed by atoms with van der Waals surface area (Å²) in [5.74, 6) is 0.620. The SMILES string of the molecule is OCCC1CCCN(Cc2ccc(Cl)cc2Cl)C1. The fraction of sp³-hybridized carbons (Fsp3) is 0.571. The molecule has 1 aromatic rings. The highest BCUT2D eigenvalue weighted by molar-refractivity contribution is 6.35. The van der Waals surface area contributed by atoms with Crippen molar-refractivity contribution >= 4 is 23.2 Å². The van der Waals surface area contributed by atoms with Crippen molar-refractivity contribution in [2.45, 2.75) is 25.8 Å². The fourth-order valence-electron chi connectivity index (χ4n) is 2.60. The molecule has 0 radical (unpaired) electrons. The van der Waals surface area contributed by atoms with Gasteiger partial charge in [-0.2, -0.15) is 0 Å². The van der Waals surface area contributed by atoms with Gasteiger partial charge in [-0.15, -0.1) is 0 Å². The molecule has 100 valence electrons. The lowest BCUT2D eigenvalue weighted by Gasteiger charge is -2.32. The summed E-state index contributed by atoms with van der Waals surface area (Å²) in [6.45, 7) is 3.33. The summed E-state index contributed by atoms with van der Waals surface area (Å²) in [6.07, 6.45) is 3.34. The van der Waals surface area contributed by atoms with Gasteiger partial charge < -0.3 is 5.11 Å². The normalized spacial score (nSPS) is 21.2. The number of hydrogen-bond acceptors (Lipinski definition) is 2. The maximum Gasteiger partial charge on any atom is 0.0465 e. The average molecular weight is 288 g/mol. The molecule has 1 saturated heterocycles.